The SMILES string of the molecule is CC(C)(C)OC(=O)OC/C=C/CO[Si](C)(C)C(C)(C)C. The van der Waals surface area contributed by atoms with Crippen molar-refractivity contribution in [2.24, 2.45) is 0 Å². The Kier molecular flexibility index (Phi) is 6.97. The van der Waals surface area contributed by atoms with E-state index in [1.54, 1.807) is 26.8 Å². The van der Waals surface area contributed by atoms with Crippen molar-refractivity contribution in [2.75, 3.05) is 13.2 Å². The molecule has 0 N–H and O–H groups in total. The summed E-state index contributed by atoms with van der Waals surface area (Å²) in [4.78, 5) is 11.3. The first kappa shape index (κ1) is 19.2. The average Bonchev–Trinajstić information content (AvgIpc) is 2.18. The minimum atomic E-state index is -1.70. The van der Waals surface area contributed by atoms with Crippen LogP contribution in [0.25, 0.3) is 0 Å². The molecule has 0 aromatic heterocycles. The topological polar surface area (TPSA) is 44.8 Å². The fourth-order valence-electron chi connectivity index (χ4n) is 1.00. The minimum absolute atomic E-state index is 0.202. The van der Waals surface area contributed by atoms with E-state index < -0.39 is 20.1 Å². The number of carbonyl (C=O) groups excluding carboxylic acids is 1. The van der Waals surface area contributed by atoms with Crippen LogP contribution in [-0.2, 0) is 13.9 Å². The van der Waals surface area contributed by atoms with Crippen molar-refractivity contribution in [3.63, 3.8) is 0 Å². The van der Waals surface area contributed by atoms with Crippen LogP contribution in [0.2, 0.25) is 18.1 Å². The van der Waals surface area contributed by atoms with Gasteiger partial charge in [-0.1, -0.05) is 26.8 Å². The summed E-state index contributed by atoms with van der Waals surface area (Å²) in [5.41, 5.74) is -0.522. The quantitative estimate of drug-likeness (QED) is 0.425. The Hall–Kier alpha value is -0.813. The molecule has 0 saturated heterocycles. The molecule has 118 valence electrons. The predicted octanol–water partition coefficient (Wildman–Crippen LogP) is 4.52. The van der Waals surface area contributed by atoms with Crippen LogP contribution < -0.4 is 0 Å². The number of hydrogen-bond acceptors (Lipinski definition) is 4. The van der Waals surface area contributed by atoms with Gasteiger partial charge in [-0.2, -0.15) is 0 Å². The van der Waals surface area contributed by atoms with Gasteiger partial charge >= 0.3 is 6.16 Å². The van der Waals surface area contributed by atoms with Crippen molar-refractivity contribution in [2.45, 2.75) is 65.3 Å². The third-order valence-electron chi connectivity index (χ3n) is 3.20. The lowest BCUT2D eigenvalue weighted by Crippen LogP contribution is -2.40. The summed E-state index contributed by atoms with van der Waals surface area (Å²) in [6.45, 7) is 17.2. The lowest BCUT2D eigenvalue weighted by atomic mass is 10.2. The van der Waals surface area contributed by atoms with E-state index in [1.807, 2.05) is 6.08 Å². The Bertz CT molecular complexity index is 335. The molecule has 0 heterocycles. The Labute approximate surface area is 124 Å². The summed E-state index contributed by atoms with van der Waals surface area (Å²) >= 11 is 0. The van der Waals surface area contributed by atoms with Crippen molar-refractivity contribution in [1.82, 2.24) is 0 Å². The first-order chi connectivity index (χ1) is 8.85. The molecule has 0 aromatic rings. The molecule has 0 amide bonds. The lowest BCUT2D eigenvalue weighted by molar-refractivity contribution is -0.00245. The van der Waals surface area contributed by atoms with E-state index in [2.05, 4.69) is 33.9 Å². The van der Waals surface area contributed by atoms with Crippen LogP contribution in [0.3, 0.4) is 0 Å². The third-order valence-corrected chi connectivity index (χ3v) is 7.70. The minimum Gasteiger partial charge on any atom is -0.430 e. The molecule has 0 aliphatic carbocycles. The average molecular weight is 302 g/mol. The Morgan fingerprint density at radius 3 is 1.95 bits per heavy atom. The summed E-state index contributed by atoms with van der Waals surface area (Å²) in [5, 5.41) is 0.202. The van der Waals surface area contributed by atoms with Crippen LogP contribution in [0.4, 0.5) is 4.79 Å². The second kappa shape index (κ2) is 7.27. The molecule has 0 aliphatic rings. The Morgan fingerprint density at radius 2 is 1.50 bits per heavy atom. The van der Waals surface area contributed by atoms with E-state index in [-0.39, 0.29) is 11.6 Å². The van der Waals surface area contributed by atoms with Crippen molar-refractivity contribution in [3.8, 4) is 0 Å². The molecule has 0 aliphatic heterocycles. The molecule has 4 nitrogen and oxygen atoms in total. The Balaban J connectivity index is 3.92. The van der Waals surface area contributed by atoms with Crippen molar-refractivity contribution < 1.29 is 18.7 Å². The van der Waals surface area contributed by atoms with Crippen LogP contribution >= 0.6 is 0 Å². The monoisotopic (exact) mass is 302 g/mol. The fraction of sp³-hybridized carbons (Fsp3) is 0.800. The smallest absolute Gasteiger partial charge is 0.430 e. The molecule has 0 bridgehead atoms. The maximum absolute atomic E-state index is 11.3. The van der Waals surface area contributed by atoms with Gasteiger partial charge in [0.25, 0.3) is 0 Å². The number of hydrogen-bond donors (Lipinski definition) is 0. The summed E-state index contributed by atoms with van der Waals surface area (Å²) < 4.78 is 15.9. The third kappa shape index (κ3) is 8.38. The van der Waals surface area contributed by atoms with Gasteiger partial charge in [-0.05, 0) is 45.0 Å². The van der Waals surface area contributed by atoms with Crippen molar-refractivity contribution in [3.05, 3.63) is 12.2 Å². The van der Waals surface area contributed by atoms with E-state index >= 15 is 0 Å². The van der Waals surface area contributed by atoms with Crippen LogP contribution in [0.1, 0.15) is 41.5 Å². The van der Waals surface area contributed by atoms with E-state index in [4.69, 9.17) is 13.9 Å². The van der Waals surface area contributed by atoms with Crippen LogP contribution in [0.15, 0.2) is 12.2 Å². The van der Waals surface area contributed by atoms with Gasteiger partial charge in [0, 0.05) is 0 Å². The van der Waals surface area contributed by atoms with Gasteiger partial charge in [-0.15, -0.1) is 0 Å². The second-order valence-electron chi connectivity index (χ2n) is 7.32. The number of ether oxygens (including phenoxy) is 2. The number of rotatable bonds is 5. The summed E-state index contributed by atoms with van der Waals surface area (Å²) in [7, 11) is -1.70. The molecule has 0 rings (SSSR count). The zero-order chi connectivity index (χ0) is 16.0. The summed E-state index contributed by atoms with van der Waals surface area (Å²) in [6.07, 6.45) is 3.01. The first-order valence-electron chi connectivity index (χ1n) is 7.00. The van der Waals surface area contributed by atoms with Crippen molar-refractivity contribution >= 4 is 14.5 Å². The van der Waals surface area contributed by atoms with Gasteiger partial charge in [0.15, 0.2) is 8.32 Å². The zero-order valence-corrected chi connectivity index (χ0v) is 15.2. The summed E-state index contributed by atoms with van der Waals surface area (Å²) in [6, 6.07) is 0. The normalized spacial score (nSPS) is 13.6. The summed E-state index contributed by atoms with van der Waals surface area (Å²) in [5.74, 6) is 0. The molecule has 0 atom stereocenters. The largest absolute Gasteiger partial charge is 0.509 e. The van der Waals surface area contributed by atoms with E-state index in [0.717, 1.165) is 0 Å². The van der Waals surface area contributed by atoms with Gasteiger partial charge < -0.3 is 13.9 Å². The molecule has 0 spiro atoms. The molecule has 0 fully saturated rings. The van der Waals surface area contributed by atoms with Gasteiger partial charge in [0.1, 0.15) is 12.2 Å². The van der Waals surface area contributed by atoms with Gasteiger partial charge in [-0.3, -0.25) is 0 Å². The van der Waals surface area contributed by atoms with E-state index in [9.17, 15) is 4.79 Å². The van der Waals surface area contributed by atoms with Crippen molar-refractivity contribution in [1.29, 1.82) is 0 Å². The predicted molar refractivity (Wildman–Crippen MR) is 84.5 cm³/mol. The van der Waals surface area contributed by atoms with Gasteiger partial charge in [0.2, 0.25) is 0 Å². The highest BCUT2D eigenvalue weighted by atomic mass is 28.4. The molecule has 0 saturated carbocycles. The fourth-order valence-corrected chi connectivity index (χ4v) is 1.95. The van der Waals surface area contributed by atoms with Crippen LogP contribution in [0, 0.1) is 0 Å². The maximum Gasteiger partial charge on any atom is 0.509 e. The second-order valence-corrected chi connectivity index (χ2v) is 12.1. The molecular formula is C15H30O4Si. The highest BCUT2D eigenvalue weighted by Gasteiger charge is 2.36. The van der Waals surface area contributed by atoms with E-state index in [0.29, 0.717) is 6.61 Å². The lowest BCUT2D eigenvalue weighted by Gasteiger charge is -2.35. The maximum atomic E-state index is 11.3. The Morgan fingerprint density at radius 1 is 1.00 bits per heavy atom. The molecule has 20 heavy (non-hydrogen) atoms. The standard InChI is InChI=1S/C15H30O4Si/c1-14(2,3)19-13(16)17-11-9-10-12-18-20(7,8)15(4,5)6/h9-10H,11-12H2,1-8H3/b10-9+. The van der Waals surface area contributed by atoms with Crippen LogP contribution in [0.5, 0.6) is 0 Å². The number of carbonyl (C=O) groups is 1. The molecule has 0 unspecified atom stereocenters. The molecule has 0 aromatic carbocycles. The van der Waals surface area contributed by atoms with Gasteiger partial charge in [0.05, 0.1) is 6.61 Å². The molecule has 0 radical (unpaired) electrons. The highest BCUT2D eigenvalue weighted by Crippen LogP contribution is 2.36. The van der Waals surface area contributed by atoms with Gasteiger partial charge in [-0.25, -0.2) is 4.79 Å². The van der Waals surface area contributed by atoms with E-state index in [1.165, 1.54) is 0 Å². The van der Waals surface area contributed by atoms with Crippen LogP contribution in [-0.4, -0.2) is 33.3 Å². The first-order valence-corrected chi connectivity index (χ1v) is 9.91. The molecular weight excluding hydrogens is 272 g/mol. The molecule has 5 heteroatoms. The zero-order valence-electron chi connectivity index (χ0n) is 14.2. The highest BCUT2D eigenvalue weighted by molar-refractivity contribution is 6.74.